The zero-order valence-corrected chi connectivity index (χ0v) is 17.0. The molecular weight excluding hydrogens is 380 g/mol. The monoisotopic (exact) mass is 404 g/mol. The van der Waals surface area contributed by atoms with Crippen LogP contribution < -0.4 is 10.9 Å². The van der Waals surface area contributed by atoms with Gasteiger partial charge in [-0.25, -0.2) is 4.68 Å². The highest BCUT2D eigenvalue weighted by atomic mass is 16.2. The first kappa shape index (κ1) is 21.0. The standard InChI is InChI=1S/C23H24N4O3/c1-3-26(17(2)28)15-18-8-7-11-20(14-18)24-22(29)16-27-23(30)13-12-21(25-27)19-9-5-4-6-10-19/h4-14H,3,15-16H2,1-2H3,(H,24,29). The molecule has 0 aliphatic rings. The summed E-state index contributed by atoms with van der Waals surface area (Å²) in [7, 11) is 0. The van der Waals surface area contributed by atoms with Crippen molar-refractivity contribution in [2.75, 3.05) is 11.9 Å². The van der Waals surface area contributed by atoms with Crippen LogP contribution in [0, 0.1) is 0 Å². The van der Waals surface area contributed by atoms with Gasteiger partial charge in [0, 0.05) is 37.3 Å². The van der Waals surface area contributed by atoms with Gasteiger partial charge >= 0.3 is 0 Å². The summed E-state index contributed by atoms with van der Waals surface area (Å²) in [6.07, 6.45) is 0. The lowest BCUT2D eigenvalue weighted by molar-refractivity contribution is -0.129. The van der Waals surface area contributed by atoms with Gasteiger partial charge in [-0.15, -0.1) is 0 Å². The molecule has 1 heterocycles. The normalized spacial score (nSPS) is 10.5. The number of anilines is 1. The highest BCUT2D eigenvalue weighted by molar-refractivity contribution is 5.90. The fourth-order valence-corrected chi connectivity index (χ4v) is 3.08. The molecule has 154 valence electrons. The highest BCUT2D eigenvalue weighted by Gasteiger charge is 2.10. The van der Waals surface area contributed by atoms with Gasteiger partial charge in [-0.3, -0.25) is 14.4 Å². The van der Waals surface area contributed by atoms with Crippen LogP contribution in [0.3, 0.4) is 0 Å². The topological polar surface area (TPSA) is 84.3 Å². The zero-order chi connectivity index (χ0) is 21.5. The first-order valence-electron chi connectivity index (χ1n) is 9.74. The van der Waals surface area contributed by atoms with Gasteiger partial charge in [0.05, 0.1) is 5.69 Å². The van der Waals surface area contributed by atoms with E-state index in [-0.39, 0.29) is 23.9 Å². The average Bonchev–Trinajstić information content (AvgIpc) is 2.74. The smallest absolute Gasteiger partial charge is 0.267 e. The molecule has 7 nitrogen and oxygen atoms in total. The third-order valence-electron chi connectivity index (χ3n) is 4.64. The Morgan fingerprint density at radius 1 is 1.03 bits per heavy atom. The van der Waals surface area contributed by atoms with Crippen LogP contribution >= 0.6 is 0 Å². The molecule has 0 spiro atoms. The summed E-state index contributed by atoms with van der Waals surface area (Å²) in [5.41, 5.74) is 2.65. The fraction of sp³-hybridized carbons (Fsp3) is 0.217. The molecule has 0 atom stereocenters. The summed E-state index contributed by atoms with van der Waals surface area (Å²) < 4.78 is 1.15. The second kappa shape index (κ2) is 9.65. The maximum absolute atomic E-state index is 12.5. The molecule has 0 bridgehead atoms. The molecule has 1 N–H and O–H groups in total. The van der Waals surface area contributed by atoms with Crippen LogP contribution in [0.2, 0.25) is 0 Å². The maximum atomic E-state index is 12.5. The Bertz CT molecular complexity index is 1090. The number of nitrogens with one attached hydrogen (secondary N) is 1. The van der Waals surface area contributed by atoms with Crippen LogP contribution in [-0.2, 0) is 22.7 Å². The van der Waals surface area contributed by atoms with E-state index in [1.807, 2.05) is 55.5 Å². The van der Waals surface area contributed by atoms with Gasteiger partial charge in [0.25, 0.3) is 5.56 Å². The summed E-state index contributed by atoms with van der Waals surface area (Å²) in [5, 5.41) is 7.11. The largest absolute Gasteiger partial charge is 0.339 e. The Morgan fingerprint density at radius 3 is 2.50 bits per heavy atom. The van der Waals surface area contributed by atoms with Gasteiger partial charge in [0.15, 0.2) is 0 Å². The molecular formula is C23H24N4O3. The molecule has 2 amide bonds. The predicted molar refractivity (Wildman–Crippen MR) is 116 cm³/mol. The first-order valence-corrected chi connectivity index (χ1v) is 9.74. The Balaban J connectivity index is 1.71. The van der Waals surface area contributed by atoms with Gasteiger partial charge in [0.1, 0.15) is 6.54 Å². The van der Waals surface area contributed by atoms with E-state index in [2.05, 4.69) is 10.4 Å². The average molecular weight is 404 g/mol. The molecule has 1 aromatic heterocycles. The van der Waals surface area contributed by atoms with Crippen LogP contribution in [-0.4, -0.2) is 33.0 Å². The van der Waals surface area contributed by atoms with E-state index >= 15 is 0 Å². The molecule has 0 aliphatic heterocycles. The lowest BCUT2D eigenvalue weighted by Gasteiger charge is -2.19. The lowest BCUT2D eigenvalue weighted by atomic mass is 10.1. The zero-order valence-electron chi connectivity index (χ0n) is 17.0. The van der Waals surface area contributed by atoms with Crippen molar-refractivity contribution in [1.82, 2.24) is 14.7 Å². The second-order valence-corrected chi connectivity index (χ2v) is 6.86. The number of hydrogen-bond acceptors (Lipinski definition) is 4. The van der Waals surface area contributed by atoms with Crippen molar-refractivity contribution < 1.29 is 9.59 Å². The quantitative estimate of drug-likeness (QED) is 0.656. The van der Waals surface area contributed by atoms with E-state index in [0.29, 0.717) is 24.5 Å². The van der Waals surface area contributed by atoms with Crippen molar-refractivity contribution in [3.05, 3.63) is 82.6 Å². The molecule has 2 aromatic carbocycles. The van der Waals surface area contributed by atoms with Gasteiger partial charge in [-0.1, -0.05) is 42.5 Å². The molecule has 0 aliphatic carbocycles. The number of amides is 2. The molecule has 3 rings (SSSR count). The van der Waals surface area contributed by atoms with Crippen LogP contribution in [0.15, 0.2) is 71.5 Å². The Kier molecular flexibility index (Phi) is 6.75. The van der Waals surface area contributed by atoms with Crippen LogP contribution in [0.1, 0.15) is 19.4 Å². The number of carbonyl (C=O) groups excluding carboxylic acids is 2. The van der Waals surface area contributed by atoms with Crippen molar-refractivity contribution in [3.63, 3.8) is 0 Å². The molecule has 3 aromatic rings. The van der Waals surface area contributed by atoms with E-state index in [1.165, 1.54) is 13.0 Å². The van der Waals surface area contributed by atoms with Gasteiger partial charge in [0.2, 0.25) is 11.8 Å². The minimum Gasteiger partial charge on any atom is -0.339 e. The molecule has 30 heavy (non-hydrogen) atoms. The summed E-state index contributed by atoms with van der Waals surface area (Å²) in [6.45, 7) is 4.33. The Labute approximate surface area is 175 Å². The van der Waals surface area contributed by atoms with Crippen molar-refractivity contribution in [3.8, 4) is 11.3 Å². The molecule has 0 fully saturated rings. The molecule has 0 unspecified atom stereocenters. The lowest BCUT2D eigenvalue weighted by Crippen LogP contribution is -2.29. The number of benzene rings is 2. The SMILES string of the molecule is CCN(Cc1cccc(NC(=O)Cn2nc(-c3ccccc3)ccc2=O)c1)C(C)=O. The van der Waals surface area contributed by atoms with Gasteiger partial charge in [-0.2, -0.15) is 5.10 Å². The molecule has 0 saturated carbocycles. The predicted octanol–water partition coefficient (Wildman–Crippen LogP) is 2.92. The van der Waals surface area contributed by atoms with E-state index in [9.17, 15) is 14.4 Å². The summed E-state index contributed by atoms with van der Waals surface area (Å²) in [4.78, 5) is 38.0. The summed E-state index contributed by atoms with van der Waals surface area (Å²) in [6, 6.07) is 19.8. The third kappa shape index (κ3) is 5.41. The van der Waals surface area contributed by atoms with Crippen molar-refractivity contribution in [2.45, 2.75) is 26.9 Å². The third-order valence-corrected chi connectivity index (χ3v) is 4.64. The number of rotatable bonds is 7. The minimum absolute atomic E-state index is 0.00399. The first-order chi connectivity index (χ1) is 14.5. The minimum atomic E-state index is -0.356. The Hall–Kier alpha value is -3.74. The van der Waals surface area contributed by atoms with Crippen LogP contribution in [0.25, 0.3) is 11.3 Å². The van der Waals surface area contributed by atoms with Crippen LogP contribution in [0.5, 0.6) is 0 Å². The van der Waals surface area contributed by atoms with E-state index in [0.717, 1.165) is 15.8 Å². The second-order valence-electron chi connectivity index (χ2n) is 6.86. The molecule has 0 saturated heterocycles. The van der Waals surface area contributed by atoms with Gasteiger partial charge in [-0.05, 0) is 30.7 Å². The van der Waals surface area contributed by atoms with Gasteiger partial charge < -0.3 is 10.2 Å². The van der Waals surface area contributed by atoms with Crippen LogP contribution in [0.4, 0.5) is 5.69 Å². The number of hydrogen-bond donors (Lipinski definition) is 1. The molecule has 7 heteroatoms. The van der Waals surface area contributed by atoms with E-state index in [4.69, 9.17) is 0 Å². The summed E-state index contributed by atoms with van der Waals surface area (Å²) in [5.74, 6) is -0.360. The van der Waals surface area contributed by atoms with Crippen molar-refractivity contribution in [2.24, 2.45) is 0 Å². The van der Waals surface area contributed by atoms with Crippen molar-refractivity contribution >= 4 is 17.5 Å². The Morgan fingerprint density at radius 2 is 1.80 bits per heavy atom. The van der Waals surface area contributed by atoms with E-state index in [1.54, 1.807) is 17.0 Å². The number of aromatic nitrogens is 2. The molecule has 0 radical (unpaired) electrons. The number of nitrogens with zero attached hydrogens (tertiary/aromatic N) is 3. The fourth-order valence-electron chi connectivity index (χ4n) is 3.08. The number of carbonyl (C=O) groups is 2. The maximum Gasteiger partial charge on any atom is 0.267 e. The van der Waals surface area contributed by atoms with E-state index < -0.39 is 0 Å². The highest BCUT2D eigenvalue weighted by Crippen LogP contribution is 2.15. The van der Waals surface area contributed by atoms with Crippen molar-refractivity contribution in [1.29, 1.82) is 0 Å². The summed E-state index contributed by atoms with van der Waals surface area (Å²) >= 11 is 0.